The summed E-state index contributed by atoms with van der Waals surface area (Å²) in [5.74, 6) is -0.537. The van der Waals surface area contributed by atoms with Crippen molar-refractivity contribution in [2.45, 2.75) is 18.9 Å². The van der Waals surface area contributed by atoms with E-state index in [0.717, 1.165) is 0 Å². The number of nitrogens with zero attached hydrogens (tertiary/aromatic N) is 3. The first-order valence-electron chi connectivity index (χ1n) is 5.26. The largest absolute Gasteiger partial charge is 0.465 e. The van der Waals surface area contributed by atoms with Crippen LogP contribution in [-0.4, -0.2) is 31.2 Å². The second-order valence-electron chi connectivity index (χ2n) is 3.69. The lowest BCUT2D eigenvalue weighted by Gasteiger charge is -2.26. The topological polar surface area (TPSA) is 87.1 Å². The smallest absolute Gasteiger partial charge is 0.319 e. The predicted molar refractivity (Wildman–Crippen MR) is 59.7 cm³/mol. The third-order valence-electron chi connectivity index (χ3n) is 2.76. The van der Waals surface area contributed by atoms with Crippen LogP contribution in [0.5, 0.6) is 0 Å². The lowest BCUT2D eigenvalue weighted by Crippen LogP contribution is -2.45. The maximum absolute atomic E-state index is 11.9. The van der Waals surface area contributed by atoms with Crippen molar-refractivity contribution in [3.05, 3.63) is 23.1 Å². The molecule has 0 aromatic heterocycles. The van der Waals surface area contributed by atoms with Gasteiger partial charge in [0.25, 0.3) is 0 Å². The fraction of sp³-hybridized carbons (Fsp3) is 0.700. The van der Waals surface area contributed by atoms with Gasteiger partial charge in [0.2, 0.25) is 0 Å². The molecule has 0 aliphatic carbocycles. The minimum Gasteiger partial charge on any atom is -0.465 e. The van der Waals surface area contributed by atoms with Crippen LogP contribution in [0.2, 0.25) is 0 Å². The van der Waals surface area contributed by atoms with Gasteiger partial charge >= 0.3 is 5.97 Å². The second kappa shape index (κ2) is 5.53. The van der Waals surface area contributed by atoms with Crippen LogP contribution in [-0.2, 0) is 9.53 Å². The van der Waals surface area contributed by atoms with Crippen LogP contribution in [0, 0.1) is 5.92 Å². The lowest BCUT2D eigenvalue weighted by atomic mass is 9.85. The molecule has 1 rings (SSSR count). The van der Waals surface area contributed by atoms with Crippen LogP contribution in [0.4, 0.5) is 0 Å². The van der Waals surface area contributed by atoms with Crippen LogP contribution in [0.25, 0.3) is 10.4 Å². The third-order valence-corrected chi connectivity index (χ3v) is 2.76. The number of hydrogen-bond donors (Lipinski definition) is 1. The molecule has 1 aliphatic heterocycles. The maximum atomic E-state index is 11.9. The van der Waals surface area contributed by atoms with Crippen LogP contribution in [0.15, 0.2) is 17.8 Å². The molecule has 0 spiro atoms. The number of carbonyl (C=O) groups is 1. The highest BCUT2D eigenvalue weighted by atomic mass is 16.5. The fourth-order valence-corrected chi connectivity index (χ4v) is 1.96. The van der Waals surface area contributed by atoms with Gasteiger partial charge in [-0.15, -0.1) is 6.58 Å². The summed E-state index contributed by atoms with van der Waals surface area (Å²) < 4.78 is 4.98. The quantitative estimate of drug-likeness (QED) is 0.252. The second-order valence-corrected chi connectivity index (χ2v) is 3.69. The van der Waals surface area contributed by atoms with E-state index in [1.165, 1.54) is 0 Å². The van der Waals surface area contributed by atoms with Crippen molar-refractivity contribution in [2.75, 3.05) is 19.7 Å². The Hall–Kier alpha value is -1.52. The van der Waals surface area contributed by atoms with E-state index in [9.17, 15) is 4.79 Å². The summed E-state index contributed by atoms with van der Waals surface area (Å²) in [5, 5.41) is 6.73. The summed E-state index contributed by atoms with van der Waals surface area (Å²) in [4.78, 5) is 14.7. The van der Waals surface area contributed by atoms with Crippen LogP contribution >= 0.6 is 0 Å². The summed E-state index contributed by atoms with van der Waals surface area (Å²) in [5.41, 5.74) is 7.48. The normalized spacial score (nSPS) is 28.2. The van der Waals surface area contributed by atoms with Gasteiger partial charge in [0.15, 0.2) is 5.54 Å². The van der Waals surface area contributed by atoms with E-state index >= 15 is 0 Å². The lowest BCUT2D eigenvalue weighted by molar-refractivity contribution is -0.150. The molecule has 0 amide bonds. The first kappa shape index (κ1) is 12.5. The van der Waals surface area contributed by atoms with E-state index in [1.807, 2.05) is 0 Å². The summed E-state index contributed by atoms with van der Waals surface area (Å²) in [6, 6.07) is 0. The van der Waals surface area contributed by atoms with Gasteiger partial charge in [-0.05, 0) is 31.3 Å². The number of esters is 1. The molecular formula is C10H16N4O2. The summed E-state index contributed by atoms with van der Waals surface area (Å²) in [6.07, 6.45) is 2.34. The van der Waals surface area contributed by atoms with Gasteiger partial charge in [0.05, 0.1) is 6.61 Å². The monoisotopic (exact) mass is 224 g/mol. The highest BCUT2D eigenvalue weighted by molar-refractivity contribution is 5.82. The van der Waals surface area contributed by atoms with Crippen molar-refractivity contribution in [1.29, 1.82) is 0 Å². The SMILES string of the molecule is C=CC[C@H]1CNCC1(N=[N+]=[N-])C(=O)OCC. The standard InChI is InChI=1S/C10H16N4O2/c1-3-5-8-6-12-7-10(8,13-14-11)9(15)16-4-2/h3,8,12H,1,4-7H2,2H3/t8-,10?/m0/s1. The minimum absolute atomic E-state index is 0.0834. The van der Waals surface area contributed by atoms with Gasteiger partial charge in [-0.3, -0.25) is 4.79 Å². The molecular weight excluding hydrogens is 208 g/mol. The number of carbonyl (C=O) groups excluding carboxylic acids is 1. The van der Waals surface area contributed by atoms with Gasteiger partial charge < -0.3 is 10.1 Å². The molecule has 1 heterocycles. The van der Waals surface area contributed by atoms with Crippen molar-refractivity contribution in [3.8, 4) is 0 Å². The molecule has 1 fully saturated rings. The number of nitrogens with one attached hydrogen (secondary N) is 1. The first-order valence-corrected chi connectivity index (χ1v) is 5.26. The van der Waals surface area contributed by atoms with Gasteiger partial charge in [0, 0.05) is 11.5 Å². The Morgan fingerprint density at radius 2 is 2.62 bits per heavy atom. The molecule has 0 aromatic rings. The molecule has 6 nitrogen and oxygen atoms in total. The van der Waals surface area contributed by atoms with Crippen LogP contribution < -0.4 is 5.32 Å². The Labute approximate surface area is 94.3 Å². The summed E-state index contributed by atoms with van der Waals surface area (Å²) >= 11 is 0. The van der Waals surface area contributed by atoms with Crippen LogP contribution in [0.1, 0.15) is 13.3 Å². The molecule has 6 heteroatoms. The van der Waals surface area contributed by atoms with E-state index < -0.39 is 11.5 Å². The Balaban J connectivity index is 2.98. The highest BCUT2D eigenvalue weighted by Gasteiger charge is 2.49. The fourth-order valence-electron chi connectivity index (χ4n) is 1.96. The van der Waals surface area contributed by atoms with Crippen molar-refractivity contribution < 1.29 is 9.53 Å². The predicted octanol–water partition coefficient (Wildman–Crippen LogP) is 1.39. The summed E-state index contributed by atoms with van der Waals surface area (Å²) in [6.45, 7) is 6.61. The zero-order valence-electron chi connectivity index (χ0n) is 9.35. The van der Waals surface area contributed by atoms with Gasteiger partial charge in [-0.2, -0.15) is 0 Å². The van der Waals surface area contributed by atoms with E-state index in [4.69, 9.17) is 10.3 Å². The van der Waals surface area contributed by atoms with E-state index in [1.54, 1.807) is 13.0 Å². The molecule has 16 heavy (non-hydrogen) atoms. The van der Waals surface area contributed by atoms with Gasteiger partial charge in [-0.1, -0.05) is 11.2 Å². The Morgan fingerprint density at radius 3 is 3.19 bits per heavy atom. The molecule has 0 aromatic carbocycles. The summed E-state index contributed by atoms with van der Waals surface area (Å²) in [7, 11) is 0. The number of allylic oxidation sites excluding steroid dienone is 1. The number of azide groups is 1. The maximum Gasteiger partial charge on any atom is 0.319 e. The molecule has 1 aliphatic rings. The van der Waals surface area contributed by atoms with E-state index in [2.05, 4.69) is 21.9 Å². The Morgan fingerprint density at radius 1 is 1.88 bits per heavy atom. The molecule has 0 saturated carbocycles. The van der Waals surface area contributed by atoms with Gasteiger partial charge in [0.1, 0.15) is 0 Å². The Bertz CT molecular complexity index is 325. The third kappa shape index (κ3) is 2.18. The van der Waals surface area contributed by atoms with E-state index in [0.29, 0.717) is 19.5 Å². The zero-order chi connectivity index (χ0) is 12.0. The Kier molecular flexibility index (Phi) is 4.34. The van der Waals surface area contributed by atoms with E-state index in [-0.39, 0.29) is 12.5 Å². The number of hydrogen-bond acceptors (Lipinski definition) is 4. The van der Waals surface area contributed by atoms with Crippen molar-refractivity contribution in [1.82, 2.24) is 5.32 Å². The minimum atomic E-state index is -1.11. The van der Waals surface area contributed by atoms with Crippen molar-refractivity contribution >= 4 is 5.97 Å². The molecule has 2 atom stereocenters. The number of ether oxygens (including phenoxy) is 1. The first-order chi connectivity index (χ1) is 7.71. The van der Waals surface area contributed by atoms with Crippen LogP contribution in [0.3, 0.4) is 0 Å². The molecule has 0 bridgehead atoms. The average Bonchev–Trinajstić information content (AvgIpc) is 2.64. The zero-order valence-corrected chi connectivity index (χ0v) is 9.35. The molecule has 1 saturated heterocycles. The molecule has 0 radical (unpaired) electrons. The highest BCUT2D eigenvalue weighted by Crippen LogP contribution is 2.31. The van der Waals surface area contributed by atoms with Gasteiger partial charge in [-0.25, -0.2) is 0 Å². The number of rotatable bonds is 5. The molecule has 1 N–H and O–H groups in total. The van der Waals surface area contributed by atoms with Crippen molar-refractivity contribution in [3.63, 3.8) is 0 Å². The molecule has 88 valence electrons. The van der Waals surface area contributed by atoms with Crippen molar-refractivity contribution in [2.24, 2.45) is 11.0 Å². The molecule has 1 unspecified atom stereocenters. The average molecular weight is 224 g/mol.